The van der Waals surface area contributed by atoms with Crippen molar-refractivity contribution in [1.29, 1.82) is 0 Å². The third kappa shape index (κ3) is 3.30. The molecule has 0 radical (unpaired) electrons. The van der Waals surface area contributed by atoms with Crippen LogP contribution in [0.2, 0.25) is 5.02 Å². The summed E-state index contributed by atoms with van der Waals surface area (Å²) < 4.78 is 27.8. The van der Waals surface area contributed by atoms with E-state index in [1.807, 2.05) is 18.2 Å². The molecule has 5 nitrogen and oxygen atoms in total. The number of fused-ring (bicyclic) bond motifs is 1. The van der Waals surface area contributed by atoms with E-state index in [-0.39, 0.29) is 4.91 Å². The van der Waals surface area contributed by atoms with Crippen molar-refractivity contribution in [1.82, 2.24) is 0 Å². The van der Waals surface area contributed by atoms with Crippen LogP contribution < -0.4 is 9.62 Å². The molecule has 0 spiro atoms. The van der Waals surface area contributed by atoms with E-state index in [2.05, 4.69) is 5.32 Å². The van der Waals surface area contributed by atoms with E-state index >= 15 is 0 Å². The number of rotatable bonds is 3. The number of carbonyl (C=O) groups excluding carboxylic acids is 1. The quantitative estimate of drug-likeness (QED) is 0.672. The van der Waals surface area contributed by atoms with E-state index in [1.165, 1.54) is 7.05 Å². The normalized spacial score (nSPS) is 15.0. The molecule has 7 heteroatoms. The van der Waals surface area contributed by atoms with Crippen LogP contribution in [0.25, 0.3) is 5.57 Å². The summed E-state index contributed by atoms with van der Waals surface area (Å²) in [5.74, 6) is -0.738. The molecule has 4 rings (SSSR count). The monoisotopic (exact) mass is 424 g/mol. The van der Waals surface area contributed by atoms with Gasteiger partial charge in [0, 0.05) is 18.2 Å². The van der Waals surface area contributed by atoms with Crippen LogP contribution in [-0.4, -0.2) is 21.4 Å². The molecule has 0 fully saturated rings. The number of hydrogen-bond donors (Lipinski definition) is 1. The third-order valence-corrected chi connectivity index (χ3v) is 6.90. The summed E-state index contributed by atoms with van der Waals surface area (Å²) in [7, 11) is -2.64. The summed E-state index contributed by atoms with van der Waals surface area (Å²) in [5.41, 5.74) is 2.53. The highest BCUT2D eigenvalue weighted by atomic mass is 35.5. The SMILES string of the molecule is CN1c2ccccc2C(c2ccccc2)=C(C(=O)Nc2ccccc2Cl)S1(=O)=O. The molecule has 3 aromatic carbocycles. The zero-order valence-electron chi connectivity index (χ0n) is 15.5. The van der Waals surface area contributed by atoms with Gasteiger partial charge in [-0.1, -0.05) is 72.3 Å². The molecule has 0 aromatic heterocycles. The maximum absolute atomic E-state index is 13.4. The van der Waals surface area contributed by atoms with Gasteiger partial charge in [-0.3, -0.25) is 9.10 Å². The standard InChI is InChI=1S/C22H17ClN2O3S/c1-25-19-14-8-5-11-16(19)20(15-9-3-2-4-10-15)21(29(25,27)28)22(26)24-18-13-7-6-12-17(18)23/h2-14H,1H3,(H,24,26). The van der Waals surface area contributed by atoms with E-state index in [0.717, 1.165) is 4.31 Å². The van der Waals surface area contributed by atoms with Gasteiger partial charge >= 0.3 is 0 Å². The van der Waals surface area contributed by atoms with Crippen molar-refractivity contribution >= 4 is 44.5 Å². The van der Waals surface area contributed by atoms with Gasteiger partial charge in [-0.25, -0.2) is 8.42 Å². The minimum absolute atomic E-state index is 0.315. The summed E-state index contributed by atoms with van der Waals surface area (Å²) in [4.78, 5) is 12.9. The number of nitrogens with one attached hydrogen (secondary N) is 1. The molecule has 1 aliphatic rings. The van der Waals surface area contributed by atoms with Gasteiger partial charge in [-0.15, -0.1) is 0 Å². The smallest absolute Gasteiger partial charge is 0.270 e. The molecule has 0 saturated heterocycles. The predicted molar refractivity (Wildman–Crippen MR) is 116 cm³/mol. The van der Waals surface area contributed by atoms with Crippen molar-refractivity contribution in [2.24, 2.45) is 0 Å². The molecule has 0 unspecified atom stereocenters. The zero-order valence-corrected chi connectivity index (χ0v) is 17.0. The average Bonchev–Trinajstić information content (AvgIpc) is 2.73. The van der Waals surface area contributed by atoms with Crippen molar-refractivity contribution in [3.8, 4) is 0 Å². The first kappa shape index (κ1) is 19.2. The average molecular weight is 425 g/mol. The Morgan fingerprint density at radius 2 is 1.52 bits per heavy atom. The van der Waals surface area contributed by atoms with Crippen LogP contribution >= 0.6 is 11.6 Å². The molecule has 0 bridgehead atoms. The molecule has 0 aliphatic carbocycles. The van der Waals surface area contributed by atoms with E-state index in [1.54, 1.807) is 60.7 Å². The van der Waals surface area contributed by atoms with Gasteiger partial charge in [-0.05, 0) is 23.8 Å². The Hall–Kier alpha value is -3.09. The summed E-state index contributed by atoms with van der Waals surface area (Å²) in [6.45, 7) is 0. The molecule has 0 saturated carbocycles. The highest BCUT2D eigenvalue weighted by Crippen LogP contribution is 2.42. The fourth-order valence-corrected chi connectivity index (χ4v) is 4.99. The first-order chi connectivity index (χ1) is 13.9. The van der Waals surface area contributed by atoms with Crippen molar-refractivity contribution in [2.45, 2.75) is 0 Å². The Bertz CT molecular complexity index is 1240. The van der Waals surface area contributed by atoms with Crippen LogP contribution in [0, 0.1) is 0 Å². The van der Waals surface area contributed by atoms with Crippen molar-refractivity contribution in [2.75, 3.05) is 16.7 Å². The minimum atomic E-state index is -4.09. The van der Waals surface area contributed by atoms with Crippen LogP contribution in [0.15, 0.2) is 83.8 Å². The Kier molecular flexibility index (Phi) is 4.90. The third-order valence-electron chi connectivity index (χ3n) is 4.75. The van der Waals surface area contributed by atoms with E-state index < -0.39 is 15.9 Å². The molecular formula is C22H17ClN2O3S. The van der Waals surface area contributed by atoms with Gasteiger partial charge in [0.1, 0.15) is 0 Å². The van der Waals surface area contributed by atoms with Crippen LogP contribution in [0.4, 0.5) is 11.4 Å². The molecule has 146 valence electrons. The molecule has 3 aromatic rings. The Labute approximate surface area is 174 Å². The highest BCUT2D eigenvalue weighted by Gasteiger charge is 2.39. The second kappa shape index (κ2) is 7.39. The summed E-state index contributed by atoms with van der Waals surface area (Å²) in [6.07, 6.45) is 0. The Morgan fingerprint density at radius 1 is 0.897 bits per heavy atom. The lowest BCUT2D eigenvalue weighted by Gasteiger charge is -2.30. The first-order valence-electron chi connectivity index (χ1n) is 8.85. The number of sulfonamides is 1. The Morgan fingerprint density at radius 3 is 2.24 bits per heavy atom. The highest BCUT2D eigenvalue weighted by molar-refractivity contribution is 7.97. The number of hydrogen-bond acceptors (Lipinski definition) is 3. The summed E-state index contributed by atoms with van der Waals surface area (Å²) in [6, 6.07) is 22.8. The Balaban J connectivity index is 1.98. The maximum Gasteiger partial charge on any atom is 0.270 e. The fourth-order valence-electron chi connectivity index (χ4n) is 3.34. The van der Waals surface area contributed by atoms with Crippen molar-refractivity contribution < 1.29 is 13.2 Å². The van der Waals surface area contributed by atoms with Gasteiger partial charge < -0.3 is 5.32 Å². The van der Waals surface area contributed by atoms with Crippen LogP contribution in [0.5, 0.6) is 0 Å². The lowest BCUT2D eigenvalue weighted by Crippen LogP contribution is -2.37. The lowest BCUT2D eigenvalue weighted by atomic mass is 9.95. The van der Waals surface area contributed by atoms with Gasteiger partial charge in [0.15, 0.2) is 4.91 Å². The zero-order chi connectivity index (χ0) is 20.6. The molecule has 0 atom stereocenters. The number of amides is 1. The van der Waals surface area contributed by atoms with Crippen molar-refractivity contribution in [3.05, 3.63) is 99.9 Å². The molecule has 1 aliphatic heterocycles. The number of anilines is 2. The van der Waals surface area contributed by atoms with E-state index in [4.69, 9.17) is 11.6 Å². The van der Waals surface area contributed by atoms with E-state index in [0.29, 0.717) is 33.1 Å². The molecule has 1 N–H and O–H groups in total. The molecular weight excluding hydrogens is 408 g/mol. The van der Waals surface area contributed by atoms with Crippen LogP contribution in [0.3, 0.4) is 0 Å². The maximum atomic E-state index is 13.4. The topological polar surface area (TPSA) is 66.5 Å². The predicted octanol–water partition coefficient (Wildman–Crippen LogP) is 4.52. The number of benzene rings is 3. The summed E-state index contributed by atoms with van der Waals surface area (Å²) >= 11 is 6.15. The van der Waals surface area contributed by atoms with Crippen LogP contribution in [-0.2, 0) is 14.8 Å². The molecule has 1 heterocycles. The number of nitrogens with zero attached hydrogens (tertiary/aromatic N) is 1. The number of halogens is 1. The fraction of sp³-hybridized carbons (Fsp3) is 0.0455. The van der Waals surface area contributed by atoms with Gasteiger partial charge in [0.25, 0.3) is 15.9 Å². The largest absolute Gasteiger partial charge is 0.320 e. The number of para-hydroxylation sites is 2. The molecule has 29 heavy (non-hydrogen) atoms. The first-order valence-corrected chi connectivity index (χ1v) is 10.7. The van der Waals surface area contributed by atoms with Crippen LogP contribution in [0.1, 0.15) is 11.1 Å². The second-order valence-corrected chi connectivity index (χ2v) is 8.81. The summed E-state index contributed by atoms with van der Waals surface area (Å²) in [5, 5.41) is 2.98. The van der Waals surface area contributed by atoms with Gasteiger partial charge in [0.2, 0.25) is 0 Å². The lowest BCUT2D eigenvalue weighted by molar-refractivity contribution is -0.112. The van der Waals surface area contributed by atoms with Crippen molar-refractivity contribution in [3.63, 3.8) is 0 Å². The van der Waals surface area contributed by atoms with Gasteiger partial charge in [0.05, 0.1) is 16.4 Å². The second-order valence-electron chi connectivity index (χ2n) is 6.49. The van der Waals surface area contributed by atoms with Gasteiger partial charge in [-0.2, -0.15) is 0 Å². The number of carbonyl (C=O) groups is 1. The van der Waals surface area contributed by atoms with E-state index in [9.17, 15) is 13.2 Å². The minimum Gasteiger partial charge on any atom is -0.320 e. The molecule has 1 amide bonds.